The molecule has 0 spiro atoms. The normalized spacial score (nSPS) is 14.5. The second kappa shape index (κ2) is 6.54. The molecule has 0 bridgehead atoms. The maximum absolute atomic E-state index is 9.26. The van der Waals surface area contributed by atoms with E-state index in [-0.39, 0.29) is 12.2 Å². The molecule has 1 rings (SSSR count). The zero-order chi connectivity index (χ0) is 12.0. The predicted molar refractivity (Wildman–Crippen MR) is 66.8 cm³/mol. The van der Waals surface area contributed by atoms with Crippen molar-refractivity contribution >= 4 is 0 Å². The van der Waals surface area contributed by atoms with Crippen molar-refractivity contribution in [1.82, 2.24) is 0 Å². The molecule has 0 aliphatic heterocycles. The van der Waals surface area contributed by atoms with Gasteiger partial charge in [-0.1, -0.05) is 25.5 Å². The number of ether oxygens (including phenoxy) is 1. The fourth-order valence-corrected chi connectivity index (χ4v) is 1.74. The third kappa shape index (κ3) is 4.67. The second-order valence-electron chi connectivity index (χ2n) is 4.41. The van der Waals surface area contributed by atoms with E-state index in [4.69, 9.17) is 4.74 Å². The Bertz CT molecular complexity index is 290. The minimum atomic E-state index is -0.286. The summed E-state index contributed by atoms with van der Waals surface area (Å²) in [6.45, 7) is 6.05. The van der Waals surface area contributed by atoms with Gasteiger partial charge in [-0.2, -0.15) is 0 Å². The quantitative estimate of drug-likeness (QED) is 0.801. The van der Waals surface area contributed by atoms with Gasteiger partial charge in [-0.3, -0.25) is 0 Å². The van der Waals surface area contributed by atoms with E-state index in [2.05, 4.69) is 13.8 Å². The summed E-state index contributed by atoms with van der Waals surface area (Å²) in [7, 11) is 0. The molecule has 0 aromatic heterocycles. The van der Waals surface area contributed by atoms with Crippen LogP contribution in [-0.2, 0) is 6.42 Å². The second-order valence-corrected chi connectivity index (χ2v) is 4.41. The Balaban J connectivity index is 2.50. The summed E-state index contributed by atoms with van der Waals surface area (Å²) in [4.78, 5) is 0. The number of rotatable bonds is 6. The van der Waals surface area contributed by atoms with E-state index >= 15 is 0 Å². The summed E-state index contributed by atoms with van der Waals surface area (Å²) in [5, 5.41) is 9.26. The molecule has 2 nitrogen and oxygen atoms in total. The molecule has 2 atom stereocenters. The van der Waals surface area contributed by atoms with Crippen molar-refractivity contribution < 1.29 is 9.84 Å². The molecule has 0 aliphatic rings. The first-order valence-corrected chi connectivity index (χ1v) is 6.05. The molecule has 2 heteroatoms. The Morgan fingerprint density at radius 2 is 1.81 bits per heavy atom. The Hall–Kier alpha value is -1.02. The van der Waals surface area contributed by atoms with Gasteiger partial charge in [0.25, 0.3) is 0 Å². The molecule has 0 radical (unpaired) electrons. The van der Waals surface area contributed by atoms with Crippen LogP contribution in [0.4, 0.5) is 0 Å². The first kappa shape index (κ1) is 13.0. The zero-order valence-corrected chi connectivity index (χ0v) is 10.4. The van der Waals surface area contributed by atoms with E-state index in [1.807, 2.05) is 24.3 Å². The molecule has 2 unspecified atom stereocenters. The van der Waals surface area contributed by atoms with E-state index in [0.29, 0.717) is 6.42 Å². The Morgan fingerprint density at radius 3 is 2.31 bits per heavy atom. The van der Waals surface area contributed by atoms with Crippen molar-refractivity contribution in [1.29, 1.82) is 0 Å². The highest BCUT2D eigenvalue weighted by atomic mass is 16.5. The summed E-state index contributed by atoms with van der Waals surface area (Å²) in [5.41, 5.74) is 1.14. The van der Waals surface area contributed by atoms with E-state index < -0.39 is 0 Å². The molecule has 0 fully saturated rings. The Morgan fingerprint density at radius 1 is 1.19 bits per heavy atom. The van der Waals surface area contributed by atoms with Gasteiger partial charge >= 0.3 is 0 Å². The van der Waals surface area contributed by atoms with Crippen molar-refractivity contribution in [3.63, 3.8) is 0 Å². The van der Waals surface area contributed by atoms with Gasteiger partial charge in [0.1, 0.15) is 5.75 Å². The smallest absolute Gasteiger partial charge is 0.119 e. The molecule has 1 N–H and O–H groups in total. The lowest BCUT2D eigenvalue weighted by molar-refractivity contribution is 0.195. The maximum atomic E-state index is 9.26. The van der Waals surface area contributed by atoms with Crippen molar-refractivity contribution in [2.24, 2.45) is 0 Å². The molecule has 0 saturated heterocycles. The standard InChI is InChI=1S/C14H22O2/c1-4-5-12(3)16-14-8-6-13(7-9-14)10-11(2)15/h6-9,11-12,15H,4-5,10H2,1-3H3. The molecular formula is C14H22O2. The van der Waals surface area contributed by atoms with Crippen LogP contribution < -0.4 is 4.74 Å². The van der Waals surface area contributed by atoms with E-state index in [1.165, 1.54) is 0 Å². The fourth-order valence-electron chi connectivity index (χ4n) is 1.74. The molecule has 16 heavy (non-hydrogen) atoms. The first-order chi connectivity index (χ1) is 7.61. The molecule has 0 heterocycles. The summed E-state index contributed by atoms with van der Waals surface area (Å²) in [5.74, 6) is 0.912. The molecule has 0 amide bonds. The molecule has 0 aliphatic carbocycles. The van der Waals surface area contributed by atoms with Gasteiger partial charge in [0.05, 0.1) is 12.2 Å². The van der Waals surface area contributed by atoms with Crippen LogP contribution >= 0.6 is 0 Å². The van der Waals surface area contributed by atoms with Crippen LogP contribution in [0.5, 0.6) is 5.75 Å². The van der Waals surface area contributed by atoms with Gasteiger partial charge in [0, 0.05) is 0 Å². The SMILES string of the molecule is CCCC(C)Oc1ccc(CC(C)O)cc1. The zero-order valence-electron chi connectivity index (χ0n) is 10.4. The summed E-state index contributed by atoms with van der Waals surface area (Å²) < 4.78 is 5.75. The van der Waals surface area contributed by atoms with Crippen LogP contribution in [0.15, 0.2) is 24.3 Å². The van der Waals surface area contributed by atoms with Crippen molar-refractivity contribution in [2.45, 2.75) is 52.2 Å². The van der Waals surface area contributed by atoms with Crippen LogP contribution in [0.1, 0.15) is 39.2 Å². The van der Waals surface area contributed by atoms with Gasteiger partial charge in [0.15, 0.2) is 0 Å². The van der Waals surface area contributed by atoms with E-state index in [1.54, 1.807) is 6.92 Å². The van der Waals surface area contributed by atoms with Gasteiger partial charge in [0.2, 0.25) is 0 Å². The van der Waals surface area contributed by atoms with Crippen LogP contribution in [-0.4, -0.2) is 17.3 Å². The molecular weight excluding hydrogens is 200 g/mol. The van der Waals surface area contributed by atoms with Gasteiger partial charge in [-0.05, 0) is 44.4 Å². The monoisotopic (exact) mass is 222 g/mol. The van der Waals surface area contributed by atoms with E-state index in [9.17, 15) is 5.11 Å². The summed E-state index contributed by atoms with van der Waals surface area (Å²) in [6, 6.07) is 7.98. The molecule has 1 aromatic carbocycles. The van der Waals surface area contributed by atoms with Crippen molar-refractivity contribution in [3.8, 4) is 5.75 Å². The van der Waals surface area contributed by atoms with Crippen LogP contribution in [0.25, 0.3) is 0 Å². The minimum absolute atomic E-state index is 0.271. The van der Waals surface area contributed by atoms with Gasteiger partial charge in [-0.25, -0.2) is 0 Å². The summed E-state index contributed by atoms with van der Waals surface area (Å²) in [6.07, 6.45) is 2.90. The lowest BCUT2D eigenvalue weighted by atomic mass is 10.1. The Kier molecular flexibility index (Phi) is 5.33. The predicted octanol–water partition coefficient (Wildman–Crippen LogP) is 3.18. The number of hydrogen-bond donors (Lipinski definition) is 1. The highest BCUT2D eigenvalue weighted by Gasteiger charge is 2.03. The molecule has 1 aromatic rings. The first-order valence-electron chi connectivity index (χ1n) is 6.05. The highest BCUT2D eigenvalue weighted by molar-refractivity contribution is 5.27. The summed E-state index contributed by atoms with van der Waals surface area (Å²) >= 11 is 0. The molecule has 0 saturated carbocycles. The minimum Gasteiger partial charge on any atom is -0.491 e. The van der Waals surface area contributed by atoms with Crippen LogP contribution in [0, 0.1) is 0 Å². The van der Waals surface area contributed by atoms with Crippen molar-refractivity contribution in [2.75, 3.05) is 0 Å². The van der Waals surface area contributed by atoms with Gasteiger partial charge in [-0.15, -0.1) is 0 Å². The molecule has 90 valence electrons. The topological polar surface area (TPSA) is 29.5 Å². The average molecular weight is 222 g/mol. The third-order valence-electron chi connectivity index (χ3n) is 2.49. The van der Waals surface area contributed by atoms with Gasteiger partial charge < -0.3 is 9.84 Å². The lowest BCUT2D eigenvalue weighted by Gasteiger charge is -2.14. The maximum Gasteiger partial charge on any atom is 0.119 e. The largest absolute Gasteiger partial charge is 0.491 e. The average Bonchev–Trinajstić information content (AvgIpc) is 2.20. The van der Waals surface area contributed by atoms with Crippen LogP contribution in [0.2, 0.25) is 0 Å². The number of benzene rings is 1. The Labute approximate surface area is 98.3 Å². The number of hydrogen-bond acceptors (Lipinski definition) is 2. The number of aliphatic hydroxyl groups excluding tert-OH is 1. The lowest BCUT2D eigenvalue weighted by Crippen LogP contribution is -2.11. The third-order valence-corrected chi connectivity index (χ3v) is 2.49. The number of aliphatic hydroxyl groups is 1. The van der Waals surface area contributed by atoms with Crippen LogP contribution in [0.3, 0.4) is 0 Å². The van der Waals surface area contributed by atoms with Crippen molar-refractivity contribution in [3.05, 3.63) is 29.8 Å². The fraction of sp³-hybridized carbons (Fsp3) is 0.571. The highest BCUT2D eigenvalue weighted by Crippen LogP contribution is 2.16. The van der Waals surface area contributed by atoms with E-state index in [0.717, 1.165) is 24.2 Å².